The maximum Gasteiger partial charge on any atom is 0.246 e. The fourth-order valence-corrected chi connectivity index (χ4v) is 2.14. The second-order valence-corrected chi connectivity index (χ2v) is 4.80. The van der Waals surface area contributed by atoms with Gasteiger partial charge in [0.2, 0.25) is 5.91 Å². The molecule has 0 unspecified atom stereocenters. The summed E-state index contributed by atoms with van der Waals surface area (Å²) in [6.07, 6.45) is 3.88. The number of piperidine rings is 1. The number of ether oxygens (including phenoxy) is 1. The highest BCUT2D eigenvalue weighted by Crippen LogP contribution is 2.09. The molecule has 19 heavy (non-hydrogen) atoms. The average Bonchev–Trinajstić information content (AvgIpc) is 2.47. The Balaban J connectivity index is 1.71. The largest absolute Gasteiger partial charge is 0.368 e. The number of hydrogen-bond donors (Lipinski definition) is 2. The van der Waals surface area contributed by atoms with Crippen molar-refractivity contribution in [3.63, 3.8) is 0 Å². The molecule has 1 amide bonds. The minimum atomic E-state index is -0.0923. The fraction of sp³-hybridized carbons (Fsp3) is 0.571. The van der Waals surface area contributed by atoms with Crippen LogP contribution in [0.15, 0.2) is 24.4 Å². The van der Waals surface area contributed by atoms with E-state index < -0.39 is 0 Å². The molecule has 5 nitrogen and oxygen atoms in total. The first-order valence-electron chi connectivity index (χ1n) is 6.78. The van der Waals surface area contributed by atoms with Crippen LogP contribution in [0.25, 0.3) is 0 Å². The predicted molar refractivity (Wildman–Crippen MR) is 72.6 cm³/mol. The Labute approximate surface area is 113 Å². The highest BCUT2D eigenvalue weighted by molar-refractivity contribution is 5.77. The molecule has 2 N–H and O–H groups in total. The lowest BCUT2D eigenvalue weighted by atomic mass is 10.1. The van der Waals surface area contributed by atoms with Crippen LogP contribution in [-0.2, 0) is 9.53 Å². The van der Waals surface area contributed by atoms with Gasteiger partial charge in [0.15, 0.2) is 0 Å². The molecule has 1 aromatic heterocycles. The highest BCUT2D eigenvalue weighted by Gasteiger charge is 2.16. The summed E-state index contributed by atoms with van der Waals surface area (Å²) in [5.74, 6) is -0.0864. The Bertz CT molecular complexity index is 391. The Hall–Kier alpha value is -1.46. The monoisotopic (exact) mass is 263 g/mol. The molecule has 2 rings (SSSR count). The summed E-state index contributed by atoms with van der Waals surface area (Å²) in [5, 5.41) is 6.16. The van der Waals surface area contributed by atoms with Crippen LogP contribution in [0.3, 0.4) is 0 Å². The van der Waals surface area contributed by atoms with Gasteiger partial charge in [0.05, 0.1) is 17.8 Å². The zero-order valence-electron chi connectivity index (χ0n) is 11.3. The number of pyridine rings is 1. The van der Waals surface area contributed by atoms with Crippen molar-refractivity contribution in [2.45, 2.75) is 31.9 Å². The van der Waals surface area contributed by atoms with Crippen molar-refractivity contribution < 1.29 is 9.53 Å². The van der Waals surface area contributed by atoms with E-state index in [9.17, 15) is 4.79 Å². The van der Waals surface area contributed by atoms with Gasteiger partial charge < -0.3 is 15.4 Å². The number of amides is 1. The van der Waals surface area contributed by atoms with Gasteiger partial charge in [-0.2, -0.15) is 0 Å². The standard InChI is InChI=1S/C14H21N3O2/c1-11(13-4-2-3-7-16-13)17-14(18)10-19-12-5-8-15-9-6-12/h2-4,7,11-12,15H,5-6,8-10H2,1H3,(H,17,18)/t11-/m0/s1. The van der Waals surface area contributed by atoms with Gasteiger partial charge in [0, 0.05) is 6.20 Å². The molecule has 1 aliphatic rings. The average molecular weight is 263 g/mol. The van der Waals surface area contributed by atoms with Crippen molar-refractivity contribution in [2.75, 3.05) is 19.7 Å². The van der Waals surface area contributed by atoms with E-state index in [1.807, 2.05) is 25.1 Å². The minimum absolute atomic E-state index is 0.0864. The molecule has 2 heterocycles. The van der Waals surface area contributed by atoms with E-state index >= 15 is 0 Å². The van der Waals surface area contributed by atoms with E-state index in [4.69, 9.17) is 4.74 Å². The lowest BCUT2D eigenvalue weighted by Gasteiger charge is -2.23. The van der Waals surface area contributed by atoms with Gasteiger partial charge in [-0.25, -0.2) is 0 Å². The minimum Gasteiger partial charge on any atom is -0.368 e. The van der Waals surface area contributed by atoms with E-state index in [2.05, 4.69) is 15.6 Å². The van der Waals surface area contributed by atoms with Crippen molar-refractivity contribution in [3.05, 3.63) is 30.1 Å². The molecule has 1 aromatic rings. The van der Waals surface area contributed by atoms with Crippen LogP contribution < -0.4 is 10.6 Å². The first-order chi connectivity index (χ1) is 9.25. The quantitative estimate of drug-likeness (QED) is 0.833. The lowest BCUT2D eigenvalue weighted by molar-refractivity contribution is -0.128. The second-order valence-electron chi connectivity index (χ2n) is 4.80. The second kappa shape index (κ2) is 7.21. The molecule has 1 saturated heterocycles. The first-order valence-corrected chi connectivity index (χ1v) is 6.78. The normalized spacial score (nSPS) is 17.9. The summed E-state index contributed by atoms with van der Waals surface area (Å²) in [6, 6.07) is 5.58. The van der Waals surface area contributed by atoms with Gasteiger partial charge in [0.25, 0.3) is 0 Å². The fourth-order valence-electron chi connectivity index (χ4n) is 2.14. The smallest absolute Gasteiger partial charge is 0.246 e. The van der Waals surface area contributed by atoms with Crippen molar-refractivity contribution in [1.82, 2.24) is 15.6 Å². The summed E-state index contributed by atoms with van der Waals surface area (Å²) in [4.78, 5) is 16.0. The van der Waals surface area contributed by atoms with Gasteiger partial charge in [0.1, 0.15) is 6.61 Å². The summed E-state index contributed by atoms with van der Waals surface area (Å²) in [6.45, 7) is 3.99. The Morgan fingerprint density at radius 3 is 3.00 bits per heavy atom. The van der Waals surface area contributed by atoms with Crippen LogP contribution >= 0.6 is 0 Å². The van der Waals surface area contributed by atoms with Crippen molar-refractivity contribution >= 4 is 5.91 Å². The van der Waals surface area contributed by atoms with Crippen LogP contribution in [0.2, 0.25) is 0 Å². The molecular formula is C14H21N3O2. The molecule has 0 saturated carbocycles. The topological polar surface area (TPSA) is 63.2 Å². The number of carbonyl (C=O) groups excluding carboxylic acids is 1. The molecule has 1 atom stereocenters. The Morgan fingerprint density at radius 1 is 1.53 bits per heavy atom. The number of rotatable bonds is 5. The van der Waals surface area contributed by atoms with Crippen LogP contribution in [0.1, 0.15) is 31.5 Å². The number of carbonyl (C=O) groups is 1. The molecule has 0 bridgehead atoms. The maximum absolute atomic E-state index is 11.8. The van der Waals surface area contributed by atoms with E-state index in [1.54, 1.807) is 6.20 Å². The molecule has 0 aliphatic carbocycles. The molecule has 104 valence electrons. The van der Waals surface area contributed by atoms with Crippen molar-refractivity contribution in [1.29, 1.82) is 0 Å². The molecule has 0 aromatic carbocycles. The number of hydrogen-bond acceptors (Lipinski definition) is 4. The van der Waals surface area contributed by atoms with E-state index in [0.717, 1.165) is 31.6 Å². The van der Waals surface area contributed by atoms with E-state index in [0.29, 0.717) is 0 Å². The Kier molecular flexibility index (Phi) is 5.30. The van der Waals surface area contributed by atoms with Crippen molar-refractivity contribution in [3.8, 4) is 0 Å². The molecule has 5 heteroatoms. The van der Waals surface area contributed by atoms with Crippen LogP contribution in [0.4, 0.5) is 0 Å². The van der Waals surface area contributed by atoms with E-state index in [1.165, 1.54) is 0 Å². The Morgan fingerprint density at radius 2 is 2.32 bits per heavy atom. The summed E-state index contributed by atoms with van der Waals surface area (Å²) in [7, 11) is 0. The molecule has 1 aliphatic heterocycles. The predicted octanol–water partition coefficient (Wildman–Crippen LogP) is 1.03. The summed E-state index contributed by atoms with van der Waals surface area (Å²) >= 11 is 0. The molecule has 1 fully saturated rings. The third-order valence-electron chi connectivity index (χ3n) is 3.25. The van der Waals surface area contributed by atoms with Crippen LogP contribution in [-0.4, -0.2) is 36.7 Å². The summed E-state index contributed by atoms with van der Waals surface area (Å²) < 4.78 is 5.61. The highest BCUT2D eigenvalue weighted by atomic mass is 16.5. The summed E-state index contributed by atoms with van der Waals surface area (Å²) in [5.41, 5.74) is 0.859. The van der Waals surface area contributed by atoms with Gasteiger partial charge in [-0.3, -0.25) is 9.78 Å². The number of aromatic nitrogens is 1. The lowest BCUT2D eigenvalue weighted by Crippen LogP contribution is -2.36. The SMILES string of the molecule is C[C@H](NC(=O)COC1CCNCC1)c1ccccn1. The van der Waals surface area contributed by atoms with Gasteiger partial charge in [-0.15, -0.1) is 0 Å². The van der Waals surface area contributed by atoms with Crippen LogP contribution in [0.5, 0.6) is 0 Å². The molecule has 0 spiro atoms. The van der Waals surface area contributed by atoms with Gasteiger partial charge >= 0.3 is 0 Å². The maximum atomic E-state index is 11.8. The van der Waals surface area contributed by atoms with Gasteiger partial charge in [-0.1, -0.05) is 6.07 Å². The van der Waals surface area contributed by atoms with Crippen molar-refractivity contribution in [2.24, 2.45) is 0 Å². The number of nitrogens with zero attached hydrogens (tertiary/aromatic N) is 1. The van der Waals surface area contributed by atoms with E-state index in [-0.39, 0.29) is 24.7 Å². The third kappa shape index (κ3) is 4.61. The molecule has 0 radical (unpaired) electrons. The number of nitrogens with one attached hydrogen (secondary N) is 2. The third-order valence-corrected chi connectivity index (χ3v) is 3.25. The van der Waals surface area contributed by atoms with Gasteiger partial charge in [-0.05, 0) is 45.0 Å². The zero-order valence-corrected chi connectivity index (χ0v) is 11.3. The molecular weight excluding hydrogens is 242 g/mol. The van der Waals surface area contributed by atoms with Crippen LogP contribution in [0, 0.1) is 0 Å². The zero-order chi connectivity index (χ0) is 13.5. The first kappa shape index (κ1) is 14.0.